The summed E-state index contributed by atoms with van der Waals surface area (Å²) in [6.07, 6.45) is 6.43. The lowest BCUT2D eigenvalue weighted by Crippen LogP contribution is -2.50. The highest BCUT2D eigenvalue weighted by molar-refractivity contribution is 6.25. The molecule has 0 amide bonds. The second-order valence-electron chi connectivity index (χ2n) is 4.36. The van der Waals surface area contributed by atoms with Crippen LogP contribution in [-0.4, -0.2) is 23.8 Å². The van der Waals surface area contributed by atoms with Crippen molar-refractivity contribution >= 4 is 11.6 Å². The Balaban J connectivity index is 2.41. The maximum atomic E-state index is 9.41. The minimum atomic E-state index is -0.0527. The molecule has 0 aromatic rings. The van der Waals surface area contributed by atoms with Gasteiger partial charge in [0.05, 0.1) is 6.61 Å². The van der Waals surface area contributed by atoms with E-state index >= 15 is 0 Å². The molecule has 1 fully saturated rings. The summed E-state index contributed by atoms with van der Waals surface area (Å²) in [5, 5.41) is 12.8. The van der Waals surface area contributed by atoms with Crippen LogP contribution in [0.2, 0.25) is 0 Å². The predicted molar refractivity (Wildman–Crippen MR) is 60.4 cm³/mol. The standard InChI is InChI=1S/C11H20ClNO/c1-10-3-5-11(9-14,6-4-10)13-8-2-7-12/h2,7,10,13-14H,3-6,8-9H2,1H3/b7-2+. The van der Waals surface area contributed by atoms with E-state index in [2.05, 4.69) is 12.2 Å². The summed E-state index contributed by atoms with van der Waals surface area (Å²) in [4.78, 5) is 0. The van der Waals surface area contributed by atoms with Gasteiger partial charge < -0.3 is 10.4 Å². The van der Waals surface area contributed by atoms with Crippen molar-refractivity contribution in [3.63, 3.8) is 0 Å². The Morgan fingerprint density at radius 1 is 1.50 bits per heavy atom. The van der Waals surface area contributed by atoms with Gasteiger partial charge in [-0.25, -0.2) is 0 Å². The average molecular weight is 218 g/mol. The largest absolute Gasteiger partial charge is 0.394 e. The fourth-order valence-electron chi connectivity index (χ4n) is 2.03. The number of hydrogen-bond donors (Lipinski definition) is 2. The molecule has 0 heterocycles. The van der Waals surface area contributed by atoms with E-state index in [1.54, 1.807) is 0 Å². The van der Waals surface area contributed by atoms with Crippen molar-refractivity contribution in [2.24, 2.45) is 5.92 Å². The van der Waals surface area contributed by atoms with Crippen LogP contribution in [0.5, 0.6) is 0 Å². The van der Waals surface area contributed by atoms with E-state index in [0.29, 0.717) is 0 Å². The highest BCUT2D eigenvalue weighted by atomic mass is 35.5. The summed E-state index contributed by atoms with van der Waals surface area (Å²) in [5.41, 5.74) is 1.46. The van der Waals surface area contributed by atoms with Gasteiger partial charge >= 0.3 is 0 Å². The summed E-state index contributed by atoms with van der Waals surface area (Å²) in [6.45, 7) is 3.26. The van der Waals surface area contributed by atoms with Crippen molar-refractivity contribution in [1.29, 1.82) is 0 Å². The zero-order valence-electron chi connectivity index (χ0n) is 8.80. The first-order valence-electron chi connectivity index (χ1n) is 5.33. The Hall–Kier alpha value is -0.0500. The van der Waals surface area contributed by atoms with E-state index in [1.807, 2.05) is 6.08 Å². The SMILES string of the molecule is CC1CCC(CO)(NC/C=C/Cl)CC1. The van der Waals surface area contributed by atoms with Crippen LogP contribution in [0.25, 0.3) is 0 Å². The summed E-state index contributed by atoms with van der Waals surface area (Å²) in [6, 6.07) is 0. The zero-order valence-corrected chi connectivity index (χ0v) is 9.56. The molecule has 3 heteroatoms. The van der Waals surface area contributed by atoms with Gasteiger partial charge in [0.15, 0.2) is 0 Å². The molecule has 0 spiro atoms. The van der Waals surface area contributed by atoms with E-state index in [9.17, 15) is 5.11 Å². The van der Waals surface area contributed by atoms with Crippen LogP contribution in [0, 0.1) is 5.92 Å². The Kier molecular flexibility index (Phi) is 4.93. The summed E-state index contributed by atoms with van der Waals surface area (Å²) in [7, 11) is 0. The number of nitrogens with one attached hydrogen (secondary N) is 1. The van der Waals surface area contributed by atoms with Crippen molar-refractivity contribution < 1.29 is 5.11 Å². The first-order chi connectivity index (χ1) is 6.72. The molecule has 0 aromatic carbocycles. The van der Waals surface area contributed by atoms with Crippen molar-refractivity contribution in [3.05, 3.63) is 11.6 Å². The third kappa shape index (κ3) is 3.26. The summed E-state index contributed by atoms with van der Waals surface area (Å²) >= 11 is 5.45. The molecular formula is C11H20ClNO. The van der Waals surface area contributed by atoms with Crippen molar-refractivity contribution in [2.45, 2.75) is 38.1 Å². The number of hydrogen-bond acceptors (Lipinski definition) is 2. The van der Waals surface area contributed by atoms with Gasteiger partial charge in [0.1, 0.15) is 0 Å². The second-order valence-corrected chi connectivity index (χ2v) is 4.62. The lowest BCUT2D eigenvalue weighted by Gasteiger charge is -2.38. The van der Waals surface area contributed by atoms with Crippen LogP contribution < -0.4 is 5.32 Å². The Bertz CT molecular complexity index is 186. The van der Waals surface area contributed by atoms with Crippen LogP contribution >= 0.6 is 11.6 Å². The van der Waals surface area contributed by atoms with Gasteiger partial charge in [-0.05, 0) is 31.6 Å². The van der Waals surface area contributed by atoms with E-state index in [-0.39, 0.29) is 12.1 Å². The smallest absolute Gasteiger partial charge is 0.0613 e. The lowest BCUT2D eigenvalue weighted by molar-refractivity contribution is 0.109. The molecule has 82 valence electrons. The van der Waals surface area contributed by atoms with Crippen LogP contribution in [0.15, 0.2) is 11.6 Å². The van der Waals surface area contributed by atoms with E-state index in [0.717, 1.165) is 25.3 Å². The maximum absolute atomic E-state index is 9.41. The topological polar surface area (TPSA) is 32.3 Å². The van der Waals surface area contributed by atoms with Gasteiger partial charge in [0.2, 0.25) is 0 Å². The first kappa shape index (κ1) is 12.0. The molecular weight excluding hydrogens is 198 g/mol. The zero-order chi connectivity index (χ0) is 10.4. The van der Waals surface area contributed by atoms with E-state index < -0.39 is 0 Å². The molecule has 1 aliphatic carbocycles. The Morgan fingerprint density at radius 2 is 2.14 bits per heavy atom. The molecule has 1 rings (SSSR count). The fraction of sp³-hybridized carbons (Fsp3) is 0.818. The number of rotatable bonds is 4. The van der Waals surface area contributed by atoms with Crippen LogP contribution in [0.4, 0.5) is 0 Å². The third-order valence-corrected chi connectivity index (χ3v) is 3.40. The highest BCUT2D eigenvalue weighted by Gasteiger charge is 2.32. The van der Waals surface area contributed by atoms with Gasteiger partial charge in [0, 0.05) is 17.6 Å². The van der Waals surface area contributed by atoms with Crippen LogP contribution in [-0.2, 0) is 0 Å². The molecule has 0 unspecified atom stereocenters. The molecule has 0 aromatic heterocycles. The Morgan fingerprint density at radius 3 is 2.64 bits per heavy atom. The minimum Gasteiger partial charge on any atom is -0.394 e. The first-order valence-corrected chi connectivity index (χ1v) is 5.77. The third-order valence-electron chi connectivity index (χ3n) is 3.22. The van der Waals surface area contributed by atoms with Gasteiger partial charge in [-0.3, -0.25) is 0 Å². The van der Waals surface area contributed by atoms with Gasteiger partial charge in [-0.1, -0.05) is 24.6 Å². The molecule has 2 N–H and O–H groups in total. The maximum Gasteiger partial charge on any atom is 0.0613 e. The minimum absolute atomic E-state index is 0.0527. The molecule has 0 radical (unpaired) electrons. The molecule has 14 heavy (non-hydrogen) atoms. The number of aliphatic hydroxyl groups excluding tert-OH is 1. The molecule has 2 nitrogen and oxygen atoms in total. The highest BCUT2D eigenvalue weighted by Crippen LogP contribution is 2.31. The molecule has 0 aliphatic heterocycles. The number of halogens is 1. The molecule has 1 aliphatic rings. The van der Waals surface area contributed by atoms with Gasteiger partial charge in [0.25, 0.3) is 0 Å². The fourth-order valence-corrected chi connectivity index (χ4v) is 2.11. The predicted octanol–water partition coefficient (Wildman–Crippen LogP) is 2.27. The van der Waals surface area contributed by atoms with Gasteiger partial charge in [-0.15, -0.1) is 0 Å². The van der Waals surface area contributed by atoms with Crippen molar-refractivity contribution in [3.8, 4) is 0 Å². The summed E-state index contributed by atoms with van der Waals surface area (Å²) in [5.74, 6) is 0.806. The Labute approximate surface area is 91.3 Å². The van der Waals surface area contributed by atoms with Crippen LogP contribution in [0.3, 0.4) is 0 Å². The monoisotopic (exact) mass is 217 g/mol. The second kappa shape index (κ2) is 5.74. The average Bonchev–Trinajstić information content (AvgIpc) is 2.22. The van der Waals surface area contributed by atoms with Gasteiger partial charge in [-0.2, -0.15) is 0 Å². The van der Waals surface area contributed by atoms with Crippen molar-refractivity contribution in [2.75, 3.05) is 13.2 Å². The lowest BCUT2D eigenvalue weighted by atomic mass is 9.77. The summed E-state index contributed by atoms with van der Waals surface area (Å²) < 4.78 is 0. The quantitative estimate of drug-likeness (QED) is 0.758. The normalized spacial score (nSPS) is 33.8. The van der Waals surface area contributed by atoms with Crippen LogP contribution in [0.1, 0.15) is 32.6 Å². The molecule has 0 atom stereocenters. The van der Waals surface area contributed by atoms with Crippen molar-refractivity contribution in [1.82, 2.24) is 5.32 Å². The molecule has 1 saturated carbocycles. The van der Waals surface area contributed by atoms with E-state index in [1.165, 1.54) is 18.4 Å². The number of aliphatic hydroxyl groups is 1. The molecule has 0 saturated heterocycles. The van der Waals surface area contributed by atoms with E-state index in [4.69, 9.17) is 11.6 Å². The molecule has 0 bridgehead atoms.